The molecule has 0 aromatic heterocycles. The van der Waals surface area contributed by atoms with Gasteiger partial charge in [-0.2, -0.15) is 0 Å². The van der Waals surface area contributed by atoms with Gasteiger partial charge in [0.15, 0.2) is 5.76 Å². The second kappa shape index (κ2) is 9.56. The molecule has 0 saturated carbocycles. The molecule has 0 saturated heterocycles. The Hall–Kier alpha value is -0.990. The summed E-state index contributed by atoms with van der Waals surface area (Å²) in [5.41, 5.74) is 0. The lowest BCUT2D eigenvalue weighted by atomic mass is 10.1. The minimum Gasteiger partial charge on any atom is -0.487 e. The van der Waals surface area contributed by atoms with Crippen LogP contribution in [0.15, 0.2) is 12.3 Å². The number of carbonyl (C=O) groups excluding carboxylic acids is 1. The third-order valence-corrected chi connectivity index (χ3v) is 2.19. The molecule has 88 valence electrons. The van der Waals surface area contributed by atoms with Crippen molar-refractivity contribution in [2.45, 2.75) is 45.4 Å². The molecular formula is C12H22O3. The Morgan fingerprint density at radius 3 is 2.33 bits per heavy atom. The molecule has 0 radical (unpaired) electrons. The number of esters is 1. The van der Waals surface area contributed by atoms with Gasteiger partial charge in [0.1, 0.15) is 0 Å². The molecule has 0 aliphatic heterocycles. The molecule has 3 nitrogen and oxygen atoms in total. The normalized spacial score (nSPS) is 9.73. The summed E-state index contributed by atoms with van der Waals surface area (Å²) in [5, 5.41) is 0. The molecule has 15 heavy (non-hydrogen) atoms. The maximum atomic E-state index is 10.9. The molecule has 0 heterocycles. The van der Waals surface area contributed by atoms with E-state index in [0.29, 0.717) is 6.61 Å². The van der Waals surface area contributed by atoms with E-state index in [1.54, 1.807) is 0 Å². The Morgan fingerprint density at radius 1 is 1.13 bits per heavy atom. The van der Waals surface area contributed by atoms with Crippen LogP contribution < -0.4 is 0 Å². The number of hydrogen-bond donors (Lipinski definition) is 0. The van der Waals surface area contributed by atoms with Crippen LogP contribution in [0.25, 0.3) is 0 Å². The van der Waals surface area contributed by atoms with Gasteiger partial charge in [0.25, 0.3) is 0 Å². The van der Waals surface area contributed by atoms with Crippen LogP contribution in [0.3, 0.4) is 0 Å². The zero-order valence-corrected chi connectivity index (χ0v) is 9.88. The summed E-state index contributed by atoms with van der Waals surface area (Å²) in [5.74, 6) is -0.382. The Bertz CT molecular complexity index is 187. The van der Waals surface area contributed by atoms with Crippen molar-refractivity contribution in [3.8, 4) is 0 Å². The van der Waals surface area contributed by atoms with Crippen molar-refractivity contribution in [3.63, 3.8) is 0 Å². The van der Waals surface area contributed by atoms with E-state index in [1.165, 1.54) is 32.8 Å². The molecule has 0 atom stereocenters. The molecule has 0 fully saturated rings. The molecular weight excluding hydrogens is 192 g/mol. The van der Waals surface area contributed by atoms with Crippen molar-refractivity contribution in [1.82, 2.24) is 0 Å². The zero-order valence-electron chi connectivity index (χ0n) is 9.88. The van der Waals surface area contributed by atoms with Gasteiger partial charge in [-0.3, -0.25) is 0 Å². The van der Waals surface area contributed by atoms with E-state index in [2.05, 4.69) is 18.2 Å². The molecule has 0 aromatic carbocycles. The first-order valence-electron chi connectivity index (χ1n) is 5.62. The largest absolute Gasteiger partial charge is 0.487 e. The third kappa shape index (κ3) is 8.03. The smallest absolute Gasteiger partial charge is 0.372 e. The van der Waals surface area contributed by atoms with Gasteiger partial charge in [-0.1, -0.05) is 39.0 Å². The summed E-state index contributed by atoms with van der Waals surface area (Å²) >= 11 is 0. The number of ether oxygens (including phenoxy) is 2. The van der Waals surface area contributed by atoms with Gasteiger partial charge in [0, 0.05) is 0 Å². The number of rotatable bonds is 9. The number of unbranched alkanes of at least 4 members (excludes halogenated alkanes) is 5. The van der Waals surface area contributed by atoms with Crippen LogP contribution in [0.2, 0.25) is 0 Å². The Balaban J connectivity index is 3.24. The van der Waals surface area contributed by atoms with Gasteiger partial charge in [0.05, 0.1) is 13.7 Å². The molecule has 0 aliphatic rings. The minimum atomic E-state index is -0.485. The van der Waals surface area contributed by atoms with Crippen molar-refractivity contribution in [2.75, 3.05) is 13.7 Å². The van der Waals surface area contributed by atoms with E-state index in [-0.39, 0.29) is 5.76 Å². The van der Waals surface area contributed by atoms with Crippen LogP contribution in [0.5, 0.6) is 0 Å². The van der Waals surface area contributed by atoms with Crippen molar-refractivity contribution >= 4 is 5.97 Å². The molecule has 0 unspecified atom stereocenters. The second-order valence-electron chi connectivity index (χ2n) is 3.53. The van der Waals surface area contributed by atoms with Crippen molar-refractivity contribution in [3.05, 3.63) is 12.3 Å². The maximum absolute atomic E-state index is 10.9. The summed E-state index contributed by atoms with van der Waals surface area (Å²) in [6.07, 6.45) is 7.20. The number of hydrogen-bond acceptors (Lipinski definition) is 3. The lowest BCUT2D eigenvalue weighted by Crippen LogP contribution is -2.07. The third-order valence-electron chi connectivity index (χ3n) is 2.19. The van der Waals surface area contributed by atoms with Gasteiger partial charge in [-0.05, 0) is 13.0 Å². The summed E-state index contributed by atoms with van der Waals surface area (Å²) in [6.45, 7) is 6.23. The van der Waals surface area contributed by atoms with Crippen molar-refractivity contribution in [2.24, 2.45) is 0 Å². The van der Waals surface area contributed by atoms with E-state index < -0.39 is 5.97 Å². The first-order valence-corrected chi connectivity index (χ1v) is 5.62. The fourth-order valence-electron chi connectivity index (χ4n) is 1.25. The van der Waals surface area contributed by atoms with Gasteiger partial charge in [0.2, 0.25) is 0 Å². The fraction of sp³-hybridized carbons (Fsp3) is 0.750. The van der Waals surface area contributed by atoms with Gasteiger partial charge in [-0.15, -0.1) is 0 Å². The van der Waals surface area contributed by atoms with Crippen molar-refractivity contribution < 1.29 is 14.3 Å². The summed E-state index contributed by atoms with van der Waals surface area (Å²) in [4.78, 5) is 10.9. The number of carbonyl (C=O) groups is 1. The average molecular weight is 214 g/mol. The van der Waals surface area contributed by atoms with Crippen LogP contribution in [0.4, 0.5) is 0 Å². The van der Waals surface area contributed by atoms with E-state index in [4.69, 9.17) is 4.74 Å². The Labute approximate surface area is 92.5 Å². The van der Waals surface area contributed by atoms with Crippen LogP contribution in [0, 0.1) is 0 Å². The minimum absolute atomic E-state index is 0.103. The highest BCUT2D eigenvalue weighted by atomic mass is 16.6. The van der Waals surface area contributed by atoms with E-state index in [0.717, 1.165) is 12.8 Å². The van der Waals surface area contributed by atoms with Crippen LogP contribution in [-0.4, -0.2) is 19.7 Å². The highest BCUT2D eigenvalue weighted by Crippen LogP contribution is 2.06. The molecule has 0 spiro atoms. The lowest BCUT2D eigenvalue weighted by molar-refractivity contribution is -0.140. The van der Waals surface area contributed by atoms with Crippen LogP contribution in [-0.2, 0) is 14.3 Å². The molecule has 0 bridgehead atoms. The molecule has 0 aromatic rings. The van der Waals surface area contributed by atoms with Crippen LogP contribution >= 0.6 is 0 Å². The predicted octanol–water partition coefficient (Wildman–Crippen LogP) is 3.05. The highest BCUT2D eigenvalue weighted by Gasteiger charge is 2.06. The zero-order chi connectivity index (χ0) is 11.5. The van der Waals surface area contributed by atoms with Gasteiger partial charge >= 0.3 is 5.97 Å². The topological polar surface area (TPSA) is 35.5 Å². The average Bonchev–Trinajstić information content (AvgIpc) is 2.26. The van der Waals surface area contributed by atoms with E-state index in [9.17, 15) is 4.79 Å². The van der Waals surface area contributed by atoms with E-state index in [1.807, 2.05) is 0 Å². The predicted molar refractivity (Wildman–Crippen MR) is 60.5 cm³/mol. The van der Waals surface area contributed by atoms with Crippen molar-refractivity contribution in [1.29, 1.82) is 0 Å². The van der Waals surface area contributed by atoms with Gasteiger partial charge < -0.3 is 9.47 Å². The molecule has 0 rings (SSSR count). The lowest BCUT2D eigenvalue weighted by Gasteiger charge is -2.06. The van der Waals surface area contributed by atoms with Crippen LogP contribution in [0.1, 0.15) is 45.4 Å². The standard InChI is InChI=1S/C12H22O3/c1-4-5-6-7-8-9-10-15-11(2)12(13)14-3/h2,4-10H2,1,3H3. The maximum Gasteiger partial charge on any atom is 0.372 e. The Morgan fingerprint density at radius 2 is 1.73 bits per heavy atom. The first kappa shape index (κ1) is 14.0. The van der Waals surface area contributed by atoms with Gasteiger partial charge in [-0.25, -0.2) is 4.79 Å². The summed E-state index contributed by atoms with van der Waals surface area (Å²) in [7, 11) is 1.32. The fourth-order valence-corrected chi connectivity index (χ4v) is 1.25. The SMILES string of the molecule is C=C(OCCCCCCCC)C(=O)OC. The summed E-state index contributed by atoms with van der Waals surface area (Å²) < 4.78 is 9.59. The van der Waals surface area contributed by atoms with E-state index >= 15 is 0 Å². The second-order valence-corrected chi connectivity index (χ2v) is 3.53. The molecule has 0 amide bonds. The first-order chi connectivity index (χ1) is 7.22. The quantitative estimate of drug-likeness (QED) is 0.256. The monoisotopic (exact) mass is 214 g/mol. The highest BCUT2D eigenvalue weighted by molar-refractivity contribution is 5.85. The number of methoxy groups -OCH3 is 1. The Kier molecular flexibility index (Phi) is 8.93. The molecule has 0 N–H and O–H groups in total. The molecule has 3 heteroatoms. The molecule has 0 aliphatic carbocycles. The summed E-state index contributed by atoms with van der Waals surface area (Å²) in [6, 6.07) is 0.